The number of aryl methyl sites for hydroxylation is 1. The van der Waals surface area contributed by atoms with Crippen molar-refractivity contribution in [1.29, 1.82) is 0 Å². The molecule has 1 aromatic carbocycles. The molecule has 3 heterocycles. The van der Waals surface area contributed by atoms with Crippen LogP contribution in [0.4, 0.5) is 13.2 Å². The molecule has 0 N–H and O–H groups in total. The van der Waals surface area contributed by atoms with Crippen molar-refractivity contribution in [2.75, 3.05) is 32.8 Å². The van der Waals surface area contributed by atoms with Crippen LogP contribution in [0, 0.1) is 17.8 Å². The lowest BCUT2D eigenvalue weighted by molar-refractivity contribution is -0.274. The van der Waals surface area contributed by atoms with Crippen LogP contribution in [0.25, 0.3) is 0 Å². The molecular weight excluding hydrogens is 449 g/mol. The molecule has 2 atom stereocenters. The van der Waals surface area contributed by atoms with Gasteiger partial charge in [-0.05, 0) is 48.3 Å². The van der Waals surface area contributed by atoms with E-state index in [9.17, 15) is 18.0 Å². The number of amides is 1. The number of benzene rings is 1. The van der Waals surface area contributed by atoms with Crippen LogP contribution < -0.4 is 4.74 Å². The summed E-state index contributed by atoms with van der Waals surface area (Å²) in [6, 6.07) is 6.41. The fraction of sp³-hybridized carbons (Fsp3) is 0.583. The Morgan fingerprint density at radius 2 is 1.97 bits per heavy atom. The number of carbonyl (C=O) groups excluding carboxylic acids is 1. The summed E-state index contributed by atoms with van der Waals surface area (Å²) in [6.45, 7) is 4.49. The minimum atomic E-state index is -4.76. The molecule has 3 fully saturated rings. The van der Waals surface area contributed by atoms with E-state index in [1.54, 1.807) is 35.1 Å². The number of fused-ring (bicyclic) bond motifs is 1. The van der Waals surface area contributed by atoms with Crippen molar-refractivity contribution in [3.8, 4) is 5.75 Å². The van der Waals surface area contributed by atoms with Crippen LogP contribution in [0.5, 0.6) is 5.75 Å². The van der Waals surface area contributed by atoms with Gasteiger partial charge >= 0.3 is 6.36 Å². The van der Waals surface area contributed by atoms with Crippen LogP contribution in [0.2, 0.25) is 0 Å². The summed E-state index contributed by atoms with van der Waals surface area (Å²) < 4.78 is 49.2. The average Bonchev–Trinajstić information content (AvgIpc) is 3.13. The van der Waals surface area contributed by atoms with E-state index in [0.717, 1.165) is 39.1 Å². The van der Waals surface area contributed by atoms with E-state index in [2.05, 4.69) is 14.6 Å². The van der Waals surface area contributed by atoms with Gasteiger partial charge in [0.1, 0.15) is 11.4 Å². The largest absolute Gasteiger partial charge is 0.573 e. The van der Waals surface area contributed by atoms with Gasteiger partial charge in [-0.15, -0.1) is 13.2 Å². The highest BCUT2D eigenvalue weighted by Gasteiger charge is 2.57. The lowest BCUT2D eigenvalue weighted by Crippen LogP contribution is -2.41. The van der Waals surface area contributed by atoms with Gasteiger partial charge < -0.3 is 18.9 Å². The molecule has 0 spiro atoms. The van der Waals surface area contributed by atoms with Gasteiger partial charge in [-0.2, -0.15) is 0 Å². The molecule has 2 aromatic rings. The van der Waals surface area contributed by atoms with Crippen LogP contribution >= 0.6 is 0 Å². The lowest BCUT2D eigenvalue weighted by atomic mass is 10.1. The number of aromatic nitrogens is 2. The summed E-state index contributed by atoms with van der Waals surface area (Å²) in [7, 11) is 1.79. The molecule has 0 bridgehead atoms. The monoisotopic (exact) mass is 478 g/mol. The molecule has 1 saturated carbocycles. The standard InChI is InChI=1S/C24H29F3N4O3/c1-29-14-22(28-15-29)23(32)31(10-16-3-2-4-18(9-16)34-24(25,26)27)13-21-19-11-30(12-20(19)21)17-5-7-33-8-6-17/h2-4,9,14-15,17,19-21H,5-8,10-13H2,1H3. The van der Waals surface area contributed by atoms with Gasteiger partial charge in [0.2, 0.25) is 0 Å². The molecule has 1 amide bonds. The van der Waals surface area contributed by atoms with Crippen molar-refractivity contribution in [1.82, 2.24) is 19.4 Å². The third kappa shape index (κ3) is 5.22. The number of nitrogens with zero attached hydrogens (tertiary/aromatic N) is 4. The summed E-state index contributed by atoms with van der Waals surface area (Å²) in [4.78, 5) is 21.8. The van der Waals surface area contributed by atoms with E-state index in [1.807, 2.05) is 0 Å². The maximum Gasteiger partial charge on any atom is 0.573 e. The Hall–Kier alpha value is -2.59. The average molecular weight is 479 g/mol. The van der Waals surface area contributed by atoms with E-state index >= 15 is 0 Å². The Morgan fingerprint density at radius 1 is 1.24 bits per heavy atom. The fourth-order valence-electron chi connectivity index (χ4n) is 5.52. The number of ether oxygens (including phenoxy) is 2. The molecule has 184 valence electrons. The van der Waals surface area contributed by atoms with Crippen LogP contribution in [-0.4, -0.2) is 70.5 Å². The van der Waals surface area contributed by atoms with E-state index in [4.69, 9.17) is 4.74 Å². The molecule has 2 aliphatic heterocycles. The Kier molecular flexibility index (Phi) is 6.28. The fourth-order valence-corrected chi connectivity index (χ4v) is 5.52. The minimum Gasteiger partial charge on any atom is -0.406 e. The molecule has 2 saturated heterocycles. The molecule has 5 rings (SSSR count). The second-order valence-corrected chi connectivity index (χ2v) is 9.59. The van der Waals surface area contributed by atoms with Gasteiger partial charge in [-0.3, -0.25) is 9.69 Å². The molecule has 1 aliphatic carbocycles. The Labute approximate surface area is 196 Å². The van der Waals surface area contributed by atoms with E-state index < -0.39 is 6.36 Å². The quantitative estimate of drug-likeness (QED) is 0.611. The maximum atomic E-state index is 13.3. The first-order chi connectivity index (χ1) is 16.3. The number of rotatable bonds is 7. The molecule has 3 aliphatic rings. The Morgan fingerprint density at radius 3 is 2.62 bits per heavy atom. The van der Waals surface area contributed by atoms with Crippen LogP contribution in [0.3, 0.4) is 0 Å². The van der Waals surface area contributed by atoms with Crippen LogP contribution in [0.15, 0.2) is 36.8 Å². The summed E-state index contributed by atoms with van der Waals surface area (Å²) in [5.41, 5.74) is 0.917. The Bertz CT molecular complexity index is 1010. The topological polar surface area (TPSA) is 59.8 Å². The third-order valence-electron chi connectivity index (χ3n) is 7.25. The van der Waals surface area contributed by atoms with Crippen molar-refractivity contribution in [2.45, 2.75) is 31.8 Å². The van der Waals surface area contributed by atoms with Crippen molar-refractivity contribution in [3.63, 3.8) is 0 Å². The molecule has 34 heavy (non-hydrogen) atoms. The number of halogens is 3. The lowest BCUT2D eigenvalue weighted by Gasteiger charge is -2.33. The molecule has 7 nitrogen and oxygen atoms in total. The summed E-state index contributed by atoms with van der Waals surface area (Å²) in [5, 5.41) is 0. The zero-order chi connectivity index (χ0) is 23.9. The van der Waals surface area contributed by atoms with Crippen molar-refractivity contribution < 1.29 is 27.4 Å². The highest BCUT2D eigenvalue weighted by atomic mass is 19.4. The molecule has 0 radical (unpaired) electrons. The normalized spacial score (nSPS) is 25.2. The van der Waals surface area contributed by atoms with Gasteiger partial charge in [0.15, 0.2) is 0 Å². The predicted molar refractivity (Wildman–Crippen MR) is 117 cm³/mol. The highest BCUT2D eigenvalue weighted by molar-refractivity contribution is 5.92. The van der Waals surface area contributed by atoms with Crippen molar-refractivity contribution >= 4 is 5.91 Å². The van der Waals surface area contributed by atoms with E-state index in [-0.39, 0.29) is 18.2 Å². The van der Waals surface area contributed by atoms with Gasteiger partial charge in [0.05, 0.1) is 6.33 Å². The predicted octanol–water partition coefficient (Wildman–Crippen LogP) is 3.32. The molecule has 1 aromatic heterocycles. The molecule has 2 unspecified atom stereocenters. The first-order valence-electron chi connectivity index (χ1n) is 11.7. The van der Waals surface area contributed by atoms with E-state index in [0.29, 0.717) is 41.6 Å². The number of alkyl halides is 3. The zero-order valence-corrected chi connectivity index (χ0v) is 19.1. The Balaban J connectivity index is 1.27. The number of hydrogen-bond acceptors (Lipinski definition) is 5. The van der Waals surface area contributed by atoms with E-state index in [1.165, 1.54) is 18.2 Å². The van der Waals surface area contributed by atoms with Crippen LogP contribution in [0.1, 0.15) is 28.9 Å². The SMILES string of the molecule is Cn1cnc(C(=O)N(Cc2cccc(OC(F)(F)F)c2)CC2C3CN(C4CCOCC4)CC23)c1. The van der Waals surface area contributed by atoms with Gasteiger partial charge in [0, 0.05) is 58.7 Å². The summed E-state index contributed by atoms with van der Waals surface area (Å²) in [6.07, 6.45) is 0.624. The molecule has 10 heteroatoms. The highest BCUT2D eigenvalue weighted by Crippen LogP contribution is 2.53. The second-order valence-electron chi connectivity index (χ2n) is 9.59. The van der Waals surface area contributed by atoms with Gasteiger partial charge in [-0.25, -0.2) is 4.98 Å². The van der Waals surface area contributed by atoms with Gasteiger partial charge in [0.25, 0.3) is 5.91 Å². The number of likely N-dealkylation sites (tertiary alicyclic amines) is 1. The second kappa shape index (κ2) is 9.22. The summed E-state index contributed by atoms with van der Waals surface area (Å²) >= 11 is 0. The first kappa shape index (κ1) is 23.2. The van der Waals surface area contributed by atoms with Crippen LogP contribution in [-0.2, 0) is 18.3 Å². The number of piperidine rings is 1. The van der Waals surface area contributed by atoms with Gasteiger partial charge in [-0.1, -0.05) is 12.1 Å². The smallest absolute Gasteiger partial charge is 0.406 e. The first-order valence-corrected chi connectivity index (χ1v) is 11.7. The number of hydrogen-bond donors (Lipinski definition) is 0. The molecular formula is C24H29F3N4O3. The zero-order valence-electron chi connectivity index (χ0n) is 19.1. The summed E-state index contributed by atoms with van der Waals surface area (Å²) in [5.74, 6) is 1.02. The number of imidazole rings is 1. The van der Waals surface area contributed by atoms with Crippen molar-refractivity contribution in [3.05, 3.63) is 48.0 Å². The van der Waals surface area contributed by atoms with Crippen molar-refractivity contribution in [2.24, 2.45) is 24.8 Å². The minimum absolute atomic E-state index is 0.198. The third-order valence-corrected chi connectivity index (χ3v) is 7.25. The number of carbonyl (C=O) groups is 1. The maximum absolute atomic E-state index is 13.3.